The number of hydrogen-bond acceptors (Lipinski definition) is 6. The summed E-state index contributed by atoms with van der Waals surface area (Å²) in [6.07, 6.45) is 12.4. The normalized spacial score (nSPS) is 12.8. The fourth-order valence-corrected chi connectivity index (χ4v) is 3.47. The smallest absolute Gasteiger partial charge is 0.223 e. The molecule has 0 aliphatic heterocycles. The number of unbranched alkanes of at least 4 members (excludes halogenated alkanes) is 8. The first-order chi connectivity index (χ1) is 17.4. The van der Waals surface area contributed by atoms with Crippen LogP contribution in [0.2, 0.25) is 0 Å². The van der Waals surface area contributed by atoms with Gasteiger partial charge in [-0.2, -0.15) is 6.42 Å². The summed E-state index contributed by atoms with van der Waals surface area (Å²) >= 11 is 0. The second-order valence-corrected chi connectivity index (χ2v) is 11.5. The summed E-state index contributed by atoms with van der Waals surface area (Å²) in [7, 11) is 0. The van der Waals surface area contributed by atoms with Gasteiger partial charge in [0.25, 0.3) is 0 Å². The van der Waals surface area contributed by atoms with Crippen molar-refractivity contribution in [2.24, 2.45) is 0 Å². The van der Waals surface area contributed by atoms with Crippen LogP contribution in [0.15, 0.2) is 0 Å². The van der Waals surface area contributed by atoms with E-state index >= 15 is 0 Å². The fourth-order valence-electron chi connectivity index (χ4n) is 3.47. The van der Waals surface area contributed by atoms with Crippen LogP contribution >= 0.6 is 0 Å². The van der Waals surface area contributed by atoms with Crippen molar-refractivity contribution in [2.75, 3.05) is 0 Å². The van der Waals surface area contributed by atoms with Crippen molar-refractivity contribution in [1.82, 2.24) is 0 Å². The molecule has 0 spiro atoms. The van der Waals surface area contributed by atoms with E-state index in [4.69, 9.17) is 24.4 Å². The number of ether oxygens (including phenoxy) is 3. The Morgan fingerprint density at radius 1 is 0.590 bits per heavy atom. The van der Waals surface area contributed by atoms with Gasteiger partial charge in [0.05, 0.1) is 18.3 Å². The molecule has 6 nitrogen and oxygen atoms in total. The van der Waals surface area contributed by atoms with Gasteiger partial charge in [0.15, 0.2) is 0 Å². The fraction of sp³-hybridized carbons (Fsp3) is 0.969. The minimum absolute atomic E-state index is 0. The van der Waals surface area contributed by atoms with Crippen LogP contribution in [0.25, 0.3) is 0 Å². The quantitative estimate of drug-likeness (QED) is 0.0837. The zero-order chi connectivity index (χ0) is 30.8. The Bertz CT molecular complexity index is 426. The van der Waals surface area contributed by atoms with Crippen LogP contribution in [0.4, 0.5) is 0 Å². The van der Waals surface area contributed by atoms with Crippen molar-refractivity contribution < 1.29 is 55.7 Å². The average Bonchev–Trinajstić information content (AvgIpc) is 2.72. The van der Waals surface area contributed by atoms with Crippen molar-refractivity contribution in [3.63, 3.8) is 0 Å². The molecule has 0 bridgehead atoms. The second-order valence-electron chi connectivity index (χ2n) is 11.5. The van der Waals surface area contributed by atoms with E-state index in [1.54, 1.807) is 34.6 Å². The Labute approximate surface area is 264 Å². The third-order valence-corrected chi connectivity index (χ3v) is 4.74. The standard InChI is InChI=1S/C18H38O4.C8H17.2C3H8O.Zr/c1-9-10-11-12-13-18(21-15(4)5,22-16(6)7)17(8,19)20-14(2)3;1-3-5-7-8-6-4-2;2*1-3(2)4;/h14-16,19H,9-13H2,1-8H3;1,3-8H2,2H3;2*3-4H,1-2H3;/q;-1;;;. The van der Waals surface area contributed by atoms with Crippen LogP contribution in [0, 0.1) is 6.92 Å². The minimum Gasteiger partial charge on any atom is -0.394 e. The maximum atomic E-state index is 11.0. The van der Waals surface area contributed by atoms with E-state index in [9.17, 15) is 5.11 Å². The van der Waals surface area contributed by atoms with Crippen LogP contribution < -0.4 is 0 Å². The zero-order valence-corrected chi connectivity index (χ0v) is 30.9. The van der Waals surface area contributed by atoms with Crippen LogP contribution in [0.3, 0.4) is 0 Å². The Morgan fingerprint density at radius 3 is 1.18 bits per heavy atom. The summed E-state index contributed by atoms with van der Waals surface area (Å²) in [4.78, 5) is 0. The van der Waals surface area contributed by atoms with Crippen LogP contribution in [-0.2, 0) is 40.4 Å². The van der Waals surface area contributed by atoms with Crippen LogP contribution in [0.1, 0.15) is 161 Å². The maximum Gasteiger partial charge on any atom is 0.223 e. The van der Waals surface area contributed by atoms with E-state index in [-0.39, 0.29) is 56.7 Å². The molecule has 240 valence electrons. The molecule has 0 radical (unpaired) electrons. The predicted molar refractivity (Wildman–Crippen MR) is 164 cm³/mol. The number of hydrogen-bond donors (Lipinski definition) is 3. The van der Waals surface area contributed by atoms with Crippen molar-refractivity contribution in [1.29, 1.82) is 0 Å². The molecule has 39 heavy (non-hydrogen) atoms. The van der Waals surface area contributed by atoms with Crippen LogP contribution in [-0.4, -0.2) is 57.4 Å². The van der Waals surface area contributed by atoms with E-state index in [0.717, 1.165) is 19.3 Å². The average molecular weight is 643 g/mol. The van der Waals surface area contributed by atoms with Crippen LogP contribution in [0.5, 0.6) is 0 Å². The summed E-state index contributed by atoms with van der Waals surface area (Å²) in [6, 6.07) is 0. The maximum absolute atomic E-state index is 11.0. The molecule has 0 aromatic rings. The van der Waals surface area contributed by atoms with Crippen molar-refractivity contribution >= 4 is 0 Å². The SMILES string of the molecule is CC(C)O.CC(C)O.CCCCCCC(OC(C)C)(OC(C)C)C(C)(O)OC(C)C.[CH2-]CCCCCCC.[Zr]. The van der Waals surface area contributed by atoms with Gasteiger partial charge in [-0.3, -0.25) is 0 Å². The predicted octanol–water partition coefficient (Wildman–Crippen LogP) is 8.59. The number of aliphatic hydroxyl groups excluding tert-OH is 2. The van der Waals surface area contributed by atoms with E-state index in [1.807, 2.05) is 41.5 Å². The Balaban J connectivity index is -0.000000185. The molecule has 0 aliphatic rings. The summed E-state index contributed by atoms with van der Waals surface area (Å²) in [5.74, 6) is -2.64. The molecule has 0 rings (SSSR count). The summed E-state index contributed by atoms with van der Waals surface area (Å²) in [5, 5.41) is 27.1. The molecule has 1 atom stereocenters. The van der Waals surface area contributed by atoms with Gasteiger partial charge in [0.1, 0.15) is 0 Å². The monoisotopic (exact) mass is 641 g/mol. The Kier molecular flexibility index (Phi) is 39.9. The van der Waals surface area contributed by atoms with Crippen molar-refractivity contribution in [3.8, 4) is 0 Å². The van der Waals surface area contributed by atoms with Gasteiger partial charge in [0.2, 0.25) is 11.6 Å². The molecule has 0 saturated carbocycles. The molecule has 0 fully saturated rings. The minimum atomic E-state index is -1.50. The summed E-state index contributed by atoms with van der Waals surface area (Å²) < 4.78 is 18.0. The van der Waals surface area contributed by atoms with Gasteiger partial charge in [-0.1, -0.05) is 65.2 Å². The van der Waals surface area contributed by atoms with Gasteiger partial charge in [-0.15, -0.1) is 0 Å². The van der Waals surface area contributed by atoms with Crippen molar-refractivity contribution in [2.45, 2.75) is 203 Å². The molecule has 7 heteroatoms. The van der Waals surface area contributed by atoms with Gasteiger partial charge in [-0.05, 0) is 82.6 Å². The first-order valence-corrected chi connectivity index (χ1v) is 15.4. The van der Waals surface area contributed by atoms with E-state index in [1.165, 1.54) is 44.9 Å². The van der Waals surface area contributed by atoms with E-state index in [0.29, 0.717) is 6.42 Å². The third-order valence-electron chi connectivity index (χ3n) is 4.74. The summed E-state index contributed by atoms with van der Waals surface area (Å²) in [5.41, 5.74) is 0. The van der Waals surface area contributed by atoms with Gasteiger partial charge in [-0.25, -0.2) is 0 Å². The number of aliphatic hydroxyl groups is 3. The molecular formula is C32H71O6Zr-. The molecule has 0 aromatic carbocycles. The third kappa shape index (κ3) is 38.6. The zero-order valence-electron chi connectivity index (χ0n) is 28.4. The van der Waals surface area contributed by atoms with Gasteiger partial charge >= 0.3 is 0 Å². The van der Waals surface area contributed by atoms with E-state index in [2.05, 4.69) is 20.8 Å². The molecule has 0 heterocycles. The van der Waals surface area contributed by atoms with E-state index < -0.39 is 11.6 Å². The first-order valence-electron chi connectivity index (χ1n) is 15.4. The van der Waals surface area contributed by atoms with Gasteiger partial charge < -0.3 is 36.5 Å². The molecule has 0 saturated heterocycles. The Morgan fingerprint density at radius 2 is 0.897 bits per heavy atom. The topological polar surface area (TPSA) is 88.4 Å². The molecule has 0 aliphatic carbocycles. The molecule has 0 aromatic heterocycles. The Hall–Kier alpha value is 0.643. The molecule has 0 amide bonds. The second kappa shape index (κ2) is 31.6. The van der Waals surface area contributed by atoms with Gasteiger partial charge in [0, 0.05) is 44.8 Å². The number of rotatable bonds is 17. The summed E-state index contributed by atoms with van der Waals surface area (Å²) in [6.45, 7) is 28.4. The van der Waals surface area contributed by atoms with Crippen molar-refractivity contribution in [3.05, 3.63) is 6.92 Å². The largest absolute Gasteiger partial charge is 0.394 e. The molecule has 1 unspecified atom stereocenters. The molecule has 3 N–H and O–H groups in total. The molecular weight excluding hydrogens is 572 g/mol. The first kappa shape index (κ1) is 49.3.